The summed E-state index contributed by atoms with van der Waals surface area (Å²) in [5, 5.41) is 27.5. The van der Waals surface area contributed by atoms with Gasteiger partial charge in [0.25, 0.3) is 0 Å². The van der Waals surface area contributed by atoms with Crippen LogP contribution >= 0.6 is 0 Å². The fraction of sp³-hybridized carbons (Fsp3) is 0.621. The third-order valence-corrected chi connectivity index (χ3v) is 10.9. The van der Waals surface area contributed by atoms with Gasteiger partial charge in [-0.3, -0.25) is 9.88 Å². The molecule has 6 nitrogen and oxygen atoms in total. The van der Waals surface area contributed by atoms with Crippen molar-refractivity contribution in [2.75, 3.05) is 13.1 Å². The van der Waals surface area contributed by atoms with Crippen LogP contribution in [0.1, 0.15) is 61.8 Å². The molecule has 2 bridgehead atoms. The number of aromatic hydroxyl groups is 1. The Morgan fingerprint density at radius 3 is 2.77 bits per heavy atom. The number of ether oxygens (including phenoxy) is 1. The second kappa shape index (κ2) is 6.99. The molecule has 0 amide bonds. The van der Waals surface area contributed by atoms with Gasteiger partial charge in [-0.05, 0) is 87.6 Å². The van der Waals surface area contributed by atoms with Crippen LogP contribution in [-0.4, -0.2) is 57.0 Å². The van der Waals surface area contributed by atoms with Crippen molar-refractivity contribution < 1.29 is 14.9 Å². The number of pyridine rings is 1. The molecule has 8 rings (SSSR count). The van der Waals surface area contributed by atoms with E-state index in [9.17, 15) is 10.2 Å². The van der Waals surface area contributed by atoms with E-state index in [0.717, 1.165) is 75.3 Å². The molecule has 6 aliphatic rings. The number of phenolic OH excluding ortho intramolecular Hbond substituents is 1. The largest absolute Gasteiger partial charge is 0.504 e. The number of nitrogens with zero attached hydrogens (tertiary/aromatic N) is 2. The molecule has 4 aliphatic carbocycles. The van der Waals surface area contributed by atoms with E-state index in [1.54, 1.807) is 0 Å². The minimum Gasteiger partial charge on any atom is -0.504 e. The lowest BCUT2D eigenvalue weighted by Gasteiger charge is -2.69. The van der Waals surface area contributed by atoms with Crippen LogP contribution in [0, 0.1) is 11.3 Å². The lowest BCUT2D eigenvalue weighted by Crippen LogP contribution is -2.80. The number of piperidine rings is 1. The zero-order chi connectivity index (χ0) is 23.4. The quantitative estimate of drug-likeness (QED) is 0.619. The van der Waals surface area contributed by atoms with Gasteiger partial charge in [-0.25, -0.2) is 0 Å². The molecule has 1 saturated heterocycles. The topological polar surface area (TPSA) is 77.8 Å². The summed E-state index contributed by atoms with van der Waals surface area (Å²) in [6, 6.07) is 10.5. The van der Waals surface area contributed by atoms with E-state index >= 15 is 0 Å². The number of aromatic nitrogens is 1. The summed E-state index contributed by atoms with van der Waals surface area (Å²) >= 11 is 0. The third kappa shape index (κ3) is 2.58. The second-order valence-corrected chi connectivity index (χ2v) is 12.3. The van der Waals surface area contributed by atoms with Crippen LogP contribution in [0.25, 0.3) is 0 Å². The summed E-state index contributed by atoms with van der Waals surface area (Å²) in [7, 11) is 0. The molecule has 184 valence electrons. The predicted molar refractivity (Wildman–Crippen MR) is 131 cm³/mol. The summed E-state index contributed by atoms with van der Waals surface area (Å²) in [5.74, 6) is 1.71. The standard InChI is InChI=1S/C29H35N3O3/c33-21-7-6-19-15-23-29(34)11-10-27(9-8-22(27)31-16-20-3-1-2-13-30-20)26-28(29,24(19)25(21)35-26)12-14-32(23)17-18-4-5-18/h1-3,6-7,13,18,22-23,26,31,33-34H,4-5,8-12,14-17H2/t22-,23+,26-,27-,28-,29+/m0/s1. The van der Waals surface area contributed by atoms with Crippen LogP contribution in [-0.2, 0) is 18.4 Å². The number of nitrogens with one attached hydrogen (secondary N) is 1. The number of fused-ring (bicyclic) bond motifs is 1. The van der Waals surface area contributed by atoms with Crippen molar-refractivity contribution in [2.45, 2.75) is 87.1 Å². The van der Waals surface area contributed by atoms with Crippen molar-refractivity contribution >= 4 is 0 Å². The van der Waals surface area contributed by atoms with Gasteiger partial charge < -0.3 is 20.3 Å². The minimum atomic E-state index is -0.802. The van der Waals surface area contributed by atoms with Crippen molar-refractivity contribution in [3.8, 4) is 11.5 Å². The van der Waals surface area contributed by atoms with Gasteiger partial charge in [0, 0.05) is 42.3 Å². The summed E-state index contributed by atoms with van der Waals surface area (Å²) in [4.78, 5) is 7.12. The van der Waals surface area contributed by atoms with Crippen LogP contribution in [0.15, 0.2) is 36.5 Å². The zero-order valence-corrected chi connectivity index (χ0v) is 20.2. The molecule has 2 aromatic rings. The van der Waals surface area contributed by atoms with Crippen LogP contribution in [0.3, 0.4) is 0 Å². The fourth-order valence-electron chi connectivity index (χ4n) is 8.95. The average Bonchev–Trinajstić information content (AvgIpc) is 3.59. The Morgan fingerprint density at radius 1 is 1.09 bits per heavy atom. The van der Waals surface area contributed by atoms with Gasteiger partial charge in [0.1, 0.15) is 6.10 Å². The molecule has 3 N–H and O–H groups in total. The molecule has 0 unspecified atom stereocenters. The first kappa shape index (κ1) is 21.0. The number of hydrogen-bond donors (Lipinski definition) is 3. The number of phenols is 1. The molecule has 6 atom stereocenters. The number of hydrogen-bond acceptors (Lipinski definition) is 6. The van der Waals surface area contributed by atoms with E-state index in [-0.39, 0.29) is 23.3 Å². The average molecular weight is 474 g/mol. The molecule has 3 heterocycles. The first-order valence-corrected chi connectivity index (χ1v) is 13.7. The smallest absolute Gasteiger partial charge is 0.165 e. The van der Waals surface area contributed by atoms with E-state index in [1.807, 2.05) is 24.4 Å². The Balaban J connectivity index is 1.20. The lowest BCUT2D eigenvalue weighted by molar-refractivity contribution is -0.236. The molecule has 6 heteroatoms. The maximum absolute atomic E-state index is 12.7. The maximum atomic E-state index is 12.7. The van der Waals surface area contributed by atoms with E-state index < -0.39 is 11.0 Å². The molecule has 1 aromatic heterocycles. The number of rotatable bonds is 5. The highest BCUT2D eigenvalue weighted by Crippen LogP contribution is 2.71. The Hall–Kier alpha value is -2.15. The van der Waals surface area contributed by atoms with Gasteiger partial charge in [-0.15, -0.1) is 0 Å². The number of aliphatic hydroxyl groups is 1. The predicted octanol–water partition coefficient (Wildman–Crippen LogP) is 3.29. The SMILES string of the molecule is Oc1ccc2c3c1O[C@H]1[C@@]4(CC[C@@H]4NCc4ccccn4)CC[C@@]4(O)[C@@H](C2)N(CC2CC2)CC[C@]314. The van der Waals surface area contributed by atoms with E-state index in [4.69, 9.17) is 4.74 Å². The summed E-state index contributed by atoms with van der Waals surface area (Å²) in [6.07, 6.45) is 10.2. The van der Waals surface area contributed by atoms with Crippen molar-refractivity contribution in [3.63, 3.8) is 0 Å². The first-order chi connectivity index (χ1) is 17.1. The fourth-order valence-corrected chi connectivity index (χ4v) is 8.95. The first-order valence-electron chi connectivity index (χ1n) is 13.7. The zero-order valence-electron chi connectivity index (χ0n) is 20.2. The highest BCUT2D eigenvalue weighted by atomic mass is 16.5. The van der Waals surface area contributed by atoms with Crippen LogP contribution in [0.4, 0.5) is 0 Å². The van der Waals surface area contributed by atoms with Crippen LogP contribution in [0.5, 0.6) is 11.5 Å². The van der Waals surface area contributed by atoms with Gasteiger partial charge in [-0.2, -0.15) is 0 Å². The van der Waals surface area contributed by atoms with Crippen molar-refractivity contribution in [1.82, 2.24) is 15.2 Å². The van der Waals surface area contributed by atoms with Crippen LogP contribution < -0.4 is 10.1 Å². The van der Waals surface area contributed by atoms with Crippen molar-refractivity contribution in [2.24, 2.45) is 11.3 Å². The molecule has 35 heavy (non-hydrogen) atoms. The van der Waals surface area contributed by atoms with Crippen molar-refractivity contribution in [3.05, 3.63) is 53.3 Å². The van der Waals surface area contributed by atoms with E-state index in [2.05, 4.69) is 27.3 Å². The van der Waals surface area contributed by atoms with Gasteiger partial charge >= 0.3 is 0 Å². The Labute approximate surface area is 206 Å². The highest BCUT2D eigenvalue weighted by Gasteiger charge is 2.77. The molecule has 4 fully saturated rings. The highest BCUT2D eigenvalue weighted by molar-refractivity contribution is 5.63. The molecular formula is C29H35N3O3. The molecule has 3 saturated carbocycles. The minimum absolute atomic E-state index is 0.0235. The Bertz CT molecular complexity index is 1190. The molecule has 1 aromatic carbocycles. The van der Waals surface area contributed by atoms with Gasteiger partial charge in [-0.1, -0.05) is 12.1 Å². The normalized spacial score (nSPS) is 40.8. The van der Waals surface area contributed by atoms with Gasteiger partial charge in [0.15, 0.2) is 11.5 Å². The monoisotopic (exact) mass is 473 g/mol. The summed E-state index contributed by atoms with van der Waals surface area (Å²) < 4.78 is 6.86. The molecule has 2 aliphatic heterocycles. The molecule has 0 radical (unpaired) electrons. The molecule has 2 spiro atoms. The number of benzene rings is 1. The molecular weight excluding hydrogens is 438 g/mol. The Morgan fingerprint density at radius 2 is 2.00 bits per heavy atom. The van der Waals surface area contributed by atoms with E-state index in [0.29, 0.717) is 11.8 Å². The summed E-state index contributed by atoms with van der Waals surface area (Å²) in [6.45, 7) is 2.88. The van der Waals surface area contributed by atoms with Crippen molar-refractivity contribution in [1.29, 1.82) is 0 Å². The second-order valence-electron chi connectivity index (χ2n) is 12.3. The number of likely N-dealkylation sites (tertiary alicyclic amines) is 1. The van der Waals surface area contributed by atoms with Gasteiger partial charge in [0.2, 0.25) is 0 Å². The third-order valence-electron chi connectivity index (χ3n) is 10.9. The maximum Gasteiger partial charge on any atom is 0.165 e. The summed E-state index contributed by atoms with van der Waals surface area (Å²) in [5.41, 5.74) is 2.23. The Kier molecular flexibility index (Phi) is 4.19. The van der Waals surface area contributed by atoms with E-state index in [1.165, 1.54) is 18.4 Å². The van der Waals surface area contributed by atoms with Crippen LogP contribution in [0.2, 0.25) is 0 Å². The lowest BCUT2D eigenvalue weighted by atomic mass is 9.40. The van der Waals surface area contributed by atoms with Gasteiger partial charge in [0.05, 0.1) is 16.7 Å².